The Kier molecular flexibility index (Phi) is 5.96. The van der Waals surface area contributed by atoms with Crippen LogP contribution in [0.5, 0.6) is 0 Å². The van der Waals surface area contributed by atoms with Gasteiger partial charge in [-0.05, 0) is 11.6 Å². The highest BCUT2D eigenvalue weighted by Crippen LogP contribution is 2.29. The van der Waals surface area contributed by atoms with Gasteiger partial charge in [0.05, 0.1) is 11.1 Å². The number of Topliss-reactive ketones (excluding diaryl/α,β-unsaturated/α-hetero) is 1. The lowest BCUT2D eigenvalue weighted by Crippen LogP contribution is -2.32. The zero-order chi connectivity index (χ0) is 22.6. The molecule has 0 N–H and O–H groups in total. The van der Waals surface area contributed by atoms with Gasteiger partial charge in [0.25, 0.3) is 0 Å². The van der Waals surface area contributed by atoms with E-state index in [2.05, 4.69) is 17.0 Å². The van der Waals surface area contributed by atoms with Crippen LogP contribution in [-0.4, -0.2) is 34.8 Å². The Morgan fingerprint density at radius 3 is 2.36 bits per heavy atom. The number of ether oxygens (including phenoxy) is 1. The Morgan fingerprint density at radius 2 is 1.58 bits per heavy atom. The Morgan fingerprint density at radius 1 is 0.879 bits per heavy atom. The van der Waals surface area contributed by atoms with Crippen molar-refractivity contribution in [3.8, 4) is 0 Å². The van der Waals surface area contributed by atoms with Gasteiger partial charge in [0.2, 0.25) is 0 Å². The molecule has 33 heavy (non-hydrogen) atoms. The highest BCUT2D eigenvalue weighted by Gasteiger charge is 2.27. The molecule has 0 atom stereocenters. The molecule has 5 rings (SSSR count). The first-order chi connectivity index (χ1) is 16.2. The molecule has 0 fully saturated rings. The van der Waals surface area contributed by atoms with Crippen LogP contribution in [0.2, 0.25) is 0 Å². The first-order valence-corrected chi connectivity index (χ1v) is 11.1. The maximum absolute atomic E-state index is 13.3. The van der Waals surface area contributed by atoms with Gasteiger partial charge in [0, 0.05) is 48.3 Å². The summed E-state index contributed by atoms with van der Waals surface area (Å²) in [6.45, 7) is 1.99. The van der Waals surface area contributed by atoms with E-state index in [1.807, 2.05) is 48.5 Å². The minimum absolute atomic E-state index is 0.220. The zero-order valence-corrected chi connectivity index (χ0v) is 18.2. The fourth-order valence-electron chi connectivity index (χ4n) is 4.37. The van der Waals surface area contributed by atoms with Crippen molar-refractivity contribution in [2.24, 2.45) is 0 Å². The normalized spacial score (nSPS) is 13.5. The van der Waals surface area contributed by atoms with Crippen molar-refractivity contribution < 1.29 is 14.3 Å². The summed E-state index contributed by atoms with van der Waals surface area (Å²) in [6.07, 6.45) is 0.760. The number of rotatable bonds is 6. The van der Waals surface area contributed by atoms with Crippen LogP contribution in [0.25, 0.3) is 10.9 Å². The molecule has 5 nitrogen and oxygen atoms in total. The maximum atomic E-state index is 13.3. The quantitative estimate of drug-likeness (QED) is 0.320. The predicted octanol–water partition coefficient (Wildman–Crippen LogP) is 4.83. The largest absolute Gasteiger partial charge is 0.454 e. The van der Waals surface area contributed by atoms with E-state index in [1.165, 1.54) is 5.56 Å². The lowest BCUT2D eigenvalue weighted by Gasteiger charge is -2.30. The smallest absolute Gasteiger partial charge is 0.339 e. The van der Waals surface area contributed by atoms with Gasteiger partial charge in [-0.1, -0.05) is 78.9 Å². The number of fused-ring (bicyclic) bond motifs is 2. The van der Waals surface area contributed by atoms with Gasteiger partial charge in [0.1, 0.15) is 0 Å². The Bertz CT molecular complexity index is 1300. The molecule has 5 heteroatoms. The molecular weight excluding hydrogens is 412 g/mol. The standard InChI is InChI=1S/C28H24N2O3/c31-26(21-11-5-2-6-12-21)19-33-28(32)27-22-13-7-8-14-24(22)29-25-15-16-30(18-23(25)27)17-20-9-3-1-4-10-20/h1-14H,15-19H2. The lowest BCUT2D eigenvalue weighted by molar-refractivity contribution is 0.0473. The van der Waals surface area contributed by atoms with Crippen LogP contribution < -0.4 is 0 Å². The fraction of sp³-hybridized carbons (Fsp3) is 0.179. The van der Waals surface area contributed by atoms with E-state index in [1.54, 1.807) is 24.3 Å². The van der Waals surface area contributed by atoms with Crippen LogP contribution >= 0.6 is 0 Å². The van der Waals surface area contributed by atoms with E-state index in [9.17, 15) is 9.59 Å². The van der Waals surface area contributed by atoms with Crippen molar-refractivity contribution in [1.82, 2.24) is 9.88 Å². The highest BCUT2D eigenvalue weighted by atomic mass is 16.5. The summed E-state index contributed by atoms with van der Waals surface area (Å²) in [7, 11) is 0. The molecule has 0 saturated carbocycles. The van der Waals surface area contributed by atoms with Gasteiger partial charge in [-0.25, -0.2) is 4.79 Å². The summed E-state index contributed by atoms with van der Waals surface area (Å²) < 4.78 is 5.54. The number of aromatic nitrogens is 1. The summed E-state index contributed by atoms with van der Waals surface area (Å²) in [6, 6.07) is 26.8. The maximum Gasteiger partial charge on any atom is 0.339 e. The van der Waals surface area contributed by atoms with Gasteiger partial charge >= 0.3 is 5.97 Å². The summed E-state index contributed by atoms with van der Waals surface area (Å²) in [5.74, 6) is -0.697. The summed E-state index contributed by atoms with van der Waals surface area (Å²) in [4.78, 5) is 33.0. The van der Waals surface area contributed by atoms with Crippen LogP contribution in [-0.2, 0) is 24.2 Å². The number of benzene rings is 3. The average Bonchev–Trinajstić information content (AvgIpc) is 2.87. The third-order valence-electron chi connectivity index (χ3n) is 6.01. The van der Waals surface area contributed by atoms with E-state index in [4.69, 9.17) is 9.72 Å². The molecule has 0 saturated heterocycles. The van der Waals surface area contributed by atoms with Crippen molar-refractivity contribution in [2.45, 2.75) is 19.5 Å². The molecule has 1 aliphatic heterocycles. The van der Waals surface area contributed by atoms with Crippen LogP contribution in [0.15, 0.2) is 84.9 Å². The van der Waals surface area contributed by atoms with Gasteiger partial charge in [-0.3, -0.25) is 14.7 Å². The molecule has 0 spiro atoms. The van der Waals surface area contributed by atoms with Crippen molar-refractivity contribution in [3.63, 3.8) is 0 Å². The lowest BCUT2D eigenvalue weighted by atomic mass is 9.95. The number of pyridine rings is 1. The molecule has 0 radical (unpaired) electrons. The molecule has 164 valence electrons. The number of hydrogen-bond acceptors (Lipinski definition) is 5. The SMILES string of the molecule is O=C(COC(=O)c1c2c(nc3ccccc13)CCN(Cc1ccccc1)C2)c1ccccc1. The summed E-state index contributed by atoms with van der Waals surface area (Å²) in [5, 5.41) is 0.759. The molecule has 0 amide bonds. The minimum atomic E-state index is -0.476. The Labute approximate surface area is 192 Å². The number of carbonyl (C=O) groups excluding carboxylic acids is 2. The molecule has 2 heterocycles. The topological polar surface area (TPSA) is 59.5 Å². The molecule has 0 aliphatic carbocycles. The third kappa shape index (κ3) is 4.54. The van der Waals surface area contributed by atoms with Crippen molar-refractivity contribution >= 4 is 22.7 Å². The second-order valence-corrected chi connectivity index (χ2v) is 8.24. The van der Waals surface area contributed by atoms with E-state index < -0.39 is 5.97 Å². The summed E-state index contributed by atoms with van der Waals surface area (Å²) in [5.41, 5.74) is 4.88. The van der Waals surface area contributed by atoms with E-state index in [-0.39, 0.29) is 12.4 Å². The van der Waals surface area contributed by atoms with E-state index >= 15 is 0 Å². The predicted molar refractivity (Wildman–Crippen MR) is 127 cm³/mol. The number of hydrogen-bond donors (Lipinski definition) is 0. The molecular formula is C28H24N2O3. The second kappa shape index (κ2) is 9.35. The molecule has 4 aromatic rings. The van der Waals surface area contributed by atoms with Crippen molar-refractivity contribution in [1.29, 1.82) is 0 Å². The number of ketones is 1. The van der Waals surface area contributed by atoms with Crippen LogP contribution in [0, 0.1) is 0 Å². The van der Waals surface area contributed by atoms with E-state index in [0.717, 1.165) is 41.7 Å². The zero-order valence-electron chi connectivity index (χ0n) is 18.2. The monoisotopic (exact) mass is 436 g/mol. The van der Waals surface area contributed by atoms with Crippen LogP contribution in [0.4, 0.5) is 0 Å². The first kappa shape index (κ1) is 21.0. The highest BCUT2D eigenvalue weighted by molar-refractivity contribution is 6.06. The molecule has 1 aliphatic rings. The van der Waals surface area contributed by atoms with Gasteiger partial charge in [-0.2, -0.15) is 0 Å². The summed E-state index contributed by atoms with van der Waals surface area (Å²) >= 11 is 0. The molecule has 1 aromatic heterocycles. The Balaban J connectivity index is 1.44. The minimum Gasteiger partial charge on any atom is -0.454 e. The third-order valence-corrected chi connectivity index (χ3v) is 6.01. The van der Waals surface area contributed by atoms with Gasteiger partial charge in [-0.15, -0.1) is 0 Å². The number of esters is 1. The number of carbonyl (C=O) groups is 2. The average molecular weight is 437 g/mol. The van der Waals surface area contributed by atoms with Crippen LogP contribution in [0.3, 0.4) is 0 Å². The van der Waals surface area contributed by atoms with Crippen LogP contribution in [0.1, 0.15) is 37.5 Å². The fourth-order valence-corrected chi connectivity index (χ4v) is 4.37. The second-order valence-electron chi connectivity index (χ2n) is 8.24. The molecule has 0 unspecified atom stereocenters. The number of para-hydroxylation sites is 1. The van der Waals surface area contributed by atoms with Crippen molar-refractivity contribution in [3.05, 3.63) is 113 Å². The first-order valence-electron chi connectivity index (χ1n) is 11.1. The van der Waals surface area contributed by atoms with Gasteiger partial charge < -0.3 is 4.74 Å². The van der Waals surface area contributed by atoms with Gasteiger partial charge in [0.15, 0.2) is 12.4 Å². The van der Waals surface area contributed by atoms with E-state index in [0.29, 0.717) is 17.7 Å². The number of nitrogens with zero attached hydrogens (tertiary/aromatic N) is 2. The molecule has 3 aromatic carbocycles. The molecule has 0 bridgehead atoms. The van der Waals surface area contributed by atoms with Crippen molar-refractivity contribution in [2.75, 3.05) is 13.2 Å². The Hall–Kier alpha value is -3.83.